The monoisotopic (exact) mass is 298 g/mol. The predicted octanol–water partition coefficient (Wildman–Crippen LogP) is 1.06. The molecule has 2 unspecified atom stereocenters. The Morgan fingerprint density at radius 3 is 2.65 bits per heavy atom. The molecule has 6 heteroatoms. The van der Waals surface area contributed by atoms with Crippen molar-refractivity contribution in [3.63, 3.8) is 0 Å². The SMILES string of the molecule is CC(O)c1cccc(S(=O)(=O)N2CCN(C)C(C)C2)c1. The largest absolute Gasteiger partial charge is 0.389 e. The van der Waals surface area contributed by atoms with Gasteiger partial charge in [0.2, 0.25) is 10.0 Å². The van der Waals surface area contributed by atoms with Gasteiger partial charge in [-0.2, -0.15) is 4.31 Å². The van der Waals surface area contributed by atoms with Gasteiger partial charge in [-0.1, -0.05) is 12.1 Å². The van der Waals surface area contributed by atoms with Crippen molar-refractivity contribution in [1.29, 1.82) is 0 Å². The smallest absolute Gasteiger partial charge is 0.243 e. The molecule has 5 nitrogen and oxygen atoms in total. The summed E-state index contributed by atoms with van der Waals surface area (Å²) in [7, 11) is -1.48. The summed E-state index contributed by atoms with van der Waals surface area (Å²) in [4.78, 5) is 2.41. The number of nitrogens with zero attached hydrogens (tertiary/aromatic N) is 2. The average molecular weight is 298 g/mol. The van der Waals surface area contributed by atoms with Crippen LogP contribution in [0.4, 0.5) is 0 Å². The van der Waals surface area contributed by atoms with Crippen LogP contribution >= 0.6 is 0 Å². The molecular formula is C14H22N2O3S. The van der Waals surface area contributed by atoms with Crippen LogP contribution in [-0.2, 0) is 10.0 Å². The van der Waals surface area contributed by atoms with Gasteiger partial charge in [-0.15, -0.1) is 0 Å². The molecule has 1 saturated heterocycles. The normalized spacial score (nSPS) is 23.7. The average Bonchev–Trinajstić information content (AvgIpc) is 2.42. The van der Waals surface area contributed by atoms with Crippen LogP contribution < -0.4 is 0 Å². The van der Waals surface area contributed by atoms with Crippen molar-refractivity contribution in [2.75, 3.05) is 26.7 Å². The van der Waals surface area contributed by atoms with Gasteiger partial charge >= 0.3 is 0 Å². The molecule has 2 rings (SSSR count). The molecule has 1 aliphatic heterocycles. The number of sulfonamides is 1. The fraction of sp³-hybridized carbons (Fsp3) is 0.571. The number of piperazine rings is 1. The topological polar surface area (TPSA) is 60.9 Å². The number of benzene rings is 1. The van der Waals surface area contributed by atoms with Crippen LogP contribution in [0.15, 0.2) is 29.2 Å². The fourth-order valence-corrected chi connectivity index (χ4v) is 3.88. The lowest BCUT2D eigenvalue weighted by molar-refractivity contribution is 0.159. The maximum atomic E-state index is 12.6. The molecule has 2 atom stereocenters. The van der Waals surface area contributed by atoms with Crippen molar-refractivity contribution >= 4 is 10.0 Å². The molecule has 0 saturated carbocycles. The molecule has 0 radical (unpaired) electrons. The summed E-state index contributed by atoms with van der Waals surface area (Å²) < 4.78 is 26.8. The van der Waals surface area contributed by atoms with E-state index in [0.29, 0.717) is 18.7 Å². The molecule has 1 aliphatic rings. The Balaban J connectivity index is 2.28. The van der Waals surface area contributed by atoms with Crippen LogP contribution in [-0.4, -0.2) is 55.5 Å². The van der Waals surface area contributed by atoms with Crippen LogP contribution in [0.25, 0.3) is 0 Å². The van der Waals surface area contributed by atoms with Crippen LogP contribution in [0.3, 0.4) is 0 Å². The number of likely N-dealkylation sites (N-methyl/N-ethyl adjacent to an activating group) is 1. The lowest BCUT2D eigenvalue weighted by atomic mass is 10.1. The zero-order chi connectivity index (χ0) is 14.9. The second-order valence-electron chi connectivity index (χ2n) is 5.44. The van der Waals surface area contributed by atoms with E-state index in [1.165, 1.54) is 4.31 Å². The van der Waals surface area contributed by atoms with E-state index in [0.717, 1.165) is 6.54 Å². The molecule has 0 spiro atoms. The molecule has 1 fully saturated rings. The molecule has 1 heterocycles. The van der Waals surface area contributed by atoms with E-state index in [2.05, 4.69) is 4.90 Å². The lowest BCUT2D eigenvalue weighted by Crippen LogP contribution is -2.51. The Bertz CT molecular complexity index is 572. The van der Waals surface area contributed by atoms with Crippen LogP contribution in [0.5, 0.6) is 0 Å². The van der Waals surface area contributed by atoms with Gasteiger partial charge in [0.05, 0.1) is 11.0 Å². The summed E-state index contributed by atoms with van der Waals surface area (Å²) >= 11 is 0. The Kier molecular flexibility index (Phi) is 4.49. The van der Waals surface area contributed by atoms with Gasteiger partial charge in [0, 0.05) is 25.7 Å². The molecule has 0 aliphatic carbocycles. The maximum absolute atomic E-state index is 12.6. The van der Waals surface area contributed by atoms with E-state index in [9.17, 15) is 13.5 Å². The number of hydrogen-bond acceptors (Lipinski definition) is 4. The molecular weight excluding hydrogens is 276 g/mol. The summed E-state index contributed by atoms with van der Waals surface area (Å²) in [6.45, 7) is 5.38. The molecule has 1 N–H and O–H groups in total. The minimum atomic E-state index is -3.48. The van der Waals surface area contributed by atoms with Crippen molar-refractivity contribution in [3.8, 4) is 0 Å². The molecule has 1 aromatic carbocycles. The van der Waals surface area contributed by atoms with E-state index < -0.39 is 16.1 Å². The first-order valence-corrected chi connectivity index (χ1v) is 8.25. The summed E-state index contributed by atoms with van der Waals surface area (Å²) in [6.07, 6.45) is -0.670. The van der Waals surface area contributed by atoms with Crippen molar-refractivity contribution in [3.05, 3.63) is 29.8 Å². The second-order valence-corrected chi connectivity index (χ2v) is 7.38. The van der Waals surface area contributed by atoms with Crippen LogP contribution in [0.2, 0.25) is 0 Å². The molecule has 1 aromatic rings. The highest BCUT2D eigenvalue weighted by molar-refractivity contribution is 7.89. The summed E-state index contributed by atoms with van der Waals surface area (Å²) in [5.74, 6) is 0. The first-order valence-electron chi connectivity index (χ1n) is 6.81. The standard InChI is InChI=1S/C14H22N2O3S/c1-11-10-16(8-7-15(11)3)20(18,19)14-6-4-5-13(9-14)12(2)17/h4-6,9,11-12,17H,7-8,10H2,1-3H3. The van der Waals surface area contributed by atoms with E-state index in [1.807, 2.05) is 14.0 Å². The quantitative estimate of drug-likeness (QED) is 0.906. The fourth-order valence-electron chi connectivity index (χ4n) is 2.32. The van der Waals surface area contributed by atoms with Gasteiger partial charge in [-0.25, -0.2) is 8.42 Å². The predicted molar refractivity (Wildman–Crippen MR) is 77.9 cm³/mol. The van der Waals surface area contributed by atoms with Crippen molar-refractivity contribution in [1.82, 2.24) is 9.21 Å². The van der Waals surface area contributed by atoms with Gasteiger partial charge < -0.3 is 10.0 Å². The van der Waals surface area contributed by atoms with Crippen molar-refractivity contribution in [2.45, 2.75) is 30.9 Å². The highest BCUT2D eigenvalue weighted by atomic mass is 32.2. The minimum Gasteiger partial charge on any atom is -0.389 e. The first kappa shape index (κ1) is 15.4. The third kappa shape index (κ3) is 3.03. The Morgan fingerprint density at radius 1 is 1.35 bits per heavy atom. The van der Waals surface area contributed by atoms with Gasteiger partial charge in [-0.3, -0.25) is 0 Å². The third-order valence-corrected chi connectivity index (χ3v) is 5.76. The Labute approximate surface area is 120 Å². The highest BCUT2D eigenvalue weighted by Gasteiger charge is 2.30. The number of aliphatic hydroxyl groups is 1. The van der Waals surface area contributed by atoms with E-state index in [4.69, 9.17) is 0 Å². The molecule has 0 amide bonds. The molecule has 0 bridgehead atoms. The summed E-state index contributed by atoms with van der Waals surface area (Å²) in [5.41, 5.74) is 0.619. The molecule has 0 aromatic heterocycles. The highest BCUT2D eigenvalue weighted by Crippen LogP contribution is 2.22. The van der Waals surface area contributed by atoms with E-state index in [1.54, 1.807) is 31.2 Å². The number of aliphatic hydroxyl groups excluding tert-OH is 1. The molecule has 112 valence electrons. The van der Waals surface area contributed by atoms with Crippen molar-refractivity contribution < 1.29 is 13.5 Å². The lowest BCUT2D eigenvalue weighted by Gasteiger charge is -2.36. The Hall–Kier alpha value is -0.950. The van der Waals surface area contributed by atoms with Gasteiger partial charge in [0.25, 0.3) is 0 Å². The third-order valence-electron chi connectivity index (χ3n) is 3.90. The van der Waals surface area contributed by atoms with Gasteiger partial charge in [0.1, 0.15) is 0 Å². The summed E-state index contributed by atoms with van der Waals surface area (Å²) in [5, 5.41) is 9.59. The second kappa shape index (κ2) is 5.81. The van der Waals surface area contributed by atoms with Crippen LogP contribution in [0, 0.1) is 0 Å². The minimum absolute atomic E-state index is 0.207. The Morgan fingerprint density at radius 2 is 2.05 bits per heavy atom. The van der Waals surface area contributed by atoms with Crippen LogP contribution in [0.1, 0.15) is 25.5 Å². The maximum Gasteiger partial charge on any atom is 0.243 e. The zero-order valence-electron chi connectivity index (χ0n) is 12.2. The summed E-state index contributed by atoms with van der Waals surface area (Å²) in [6, 6.07) is 6.76. The van der Waals surface area contributed by atoms with E-state index >= 15 is 0 Å². The number of hydrogen-bond donors (Lipinski definition) is 1. The van der Waals surface area contributed by atoms with Gasteiger partial charge in [-0.05, 0) is 38.6 Å². The molecule has 20 heavy (non-hydrogen) atoms. The van der Waals surface area contributed by atoms with Gasteiger partial charge in [0.15, 0.2) is 0 Å². The number of rotatable bonds is 3. The zero-order valence-corrected chi connectivity index (χ0v) is 13.0. The van der Waals surface area contributed by atoms with E-state index in [-0.39, 0.29) is 10.9 Å². The van der Waals surface area contributed by atoms with Crippen molar-refractivity contribution in [2.24, 2.45) is 0 Å². The first-order chi connectivity index (χ1) is 9.32.